The smallest absolute Gasteiger partial charge is 0.0700 e. The van der Waals surface area contributed by atoms with Crippen molar-refractivity contribution in [2.75, 3.05) is 0 Å². The summed E-state index contributed by atoms with van der Waals surface area (Å²) in [6.07, 6.45) is 0. The third-order valence-electron chi connectivity index (χ3n) is 3.12. The van der Waals surface area contributed by atoms with Gasteiger partial charge in [0, 0.05) is 17.1 Å². The van der Waals surface area contributed by atoms with E-state index < -0.39 is 0 Å². The average molecular weight is 224 g/mol. The Morgan fingerprint density at radius 3 is 2.00 bits per heavy atom. The summed E-state index contributed by atoms with van der Waals surface area (Å²) in [5, 5.41) is 8.87. The maximum Gasteiger partial charge on any atom is 0.0700 e. The summed E-state index contributed by atoms with van der Waals surface area (Å²) < 4.78 is 2.21. The van der Waals surface area contributed by atoms with Gasteiger partial charge in [0.25, 0.3) is 0 Å². The molecule has 2 aromatic rings. The van der Waals surface area contributed by atoms with Crippen molar-refractivity contribution in [1.82, 2.24) is 4.57 Å². The summed E-state index contributed by atoms with van der Waals surface area (Å²) in [4.78, 5) is 0. The van der Waals surface area contributed by atoms with Gasteiger partial charge in [0.05, 0.1) is 12.0 Å². The Bertz CT molecular complexity index is 536. The minimum Gasteiger partial charge on any atom is -0.319 e. The standard InChI is InChI=1S/C15H16N2/c1-11(10-16)14-6-8-15(9-7-14)17-12(2)4-5-13(17)3/h4-9,11H,1-3H3. The largest absolute Gasteiger partial charge is 0.319 e. The third-order valence-corrected chi connectivity index (χ3v) is 3.12. The van der Waals surface area contributed by atoms with E-state index in [1.54, 1.807) is 0 Å². The fourth-order valence-electron chi connectivity index (χ4n) is 2.06. The lowest BCUT2D eigenvalue weighted by Gasteiger charge is -2.10. The summed E-state index contributed by atoms with van der Waals surface area (Å²) in [6.45, 7) is 6.11. The Morgan fingerprint density at radius 2 is 1.53 bits per heavy atom. The second-order valence-electron chi connectivity index (χ2n) is 4.39. The van der Waals surface area contributed by atoms with E-state index in [1.165, 1.54) is 11.4 Å². The number of hydrogen-bond donors (Lipinski definition) is 0. The molecular weight excluding hydrogens is 208 g/mol. The second kappa shape index (κ2) is 4.47. The van der Waals surface area contributed by atoms with Gasteiger partial charge in [-0.25, -0.2) is 0 Å². The van der Waals surface area contributed by atoms with Crippen LogP contribution in [0.2, 0.25) is 0 Å². The quantitative estimate of drug-likeness (QED) is 0.764. The molecular formula is C15H16N2. The molecule has 1 atom stereocenters. The molecule has 17 heavy (non-hydrogen) atoms. The first kappa shape index (κ1) is 11.5. The number of rotatable bonds is 2. The van der Waals surface area contributed by atoms with Crippen LogP contribution in [-0.2, 0) is 0 Å². The minimum absolute atomic E-state index is 0.0455. The van der Waals surface area contributed by atoms with E-state index in [0.29, 0.717) is 0 Å². The maximum absolute atomic E-state index is 8.87. The molecule has 1 aromatic heterocycles. The van der Waals surface area contributed by atoms with Crippen LogP contribution in [0.3, 0.4) is 0 Å². The SMILES string of the molecule is Cc1ccc(C)n1-c1ccc(C(C)C#N)cc1. The molecule has 0 spiro atoms. The van der Waals surface area contributed by atoms with E-state index in [9.17, 15) is 0 Å². The number of nitriles is 1. The highest BCUT2D eigenvalue weighted by Crippen LogP contribution is 2.20. The van der Waals surface area contributed by atoms with Crippen molar-refractivity contribution in [3.63, 3.8) is 0 Å². The molecule has 0 aliphatic carbocycles. The van der Waals surface area contributed by atoms with Gasteiger partial charge in [0.2, 0.25) is 0 Å². The predicted octanol–water partition coefficient (Wildman–Crippen LogP) is 3.72. The molecule has 1 aromatic carbocycles. The molecule has 86 valence electrons. The molecule has 0 aliphatic rings. The van der Waals surface area contributed by atoms with Crippen LogP contribution in [0.1, 0.15) is 29.8 Å². The van der Waals surface area contributed by atoms with Crippen LogP contribution in [0.25, 0.3) is 5.69 Å². The first-order chi connectivity index (χ1) is 8.13. The van der Waals surface area contributed by atoms with Crippen molar-refractivity contribution >= 4 is 0 Å². The lowest BCUT2D eigenvalue weighted by atomic mass is 10.0. The van der Waals surface area contributed by atoms with Crippen molar-refractivity contribution in [1.29, 1.82) is 5.26 Å². The third kappa shape index (κ3) is 2.09. The van der Waals surface area contributed by atoms with Gasteiger partial charge in [-0.3, -0.25) is 0 Å². The number of hydrogen-bond acceptors (Lipinski definition) is 1. The lowest BCUT2D eigenvalue weighted by Crippen LogP contribution is -1.99. The normalized spacial score (nSPS) is 12.1. The molecule has 0 bridgehead atoms. The Morgan fingerprint density at radius 1 is 1.00 bits per heavy atom. The van der Waals surface area contributed by atoms with Crippen molar-refractivity contribution < 1.29 is 0 Å². The number of benzene rings is 1. The first-order valence-corrected chi connectivity index (χ1v) is 5.78. The molecule has 0 radical (unpaired) electrons. The number of aromatic nitrogens is 1. The number of aryl methyl sites for hydroxylation is 2. The summed E-state index contributed by atoms with van der Waals surface area (Å²) >= 11 is 0. The predicted molar refractivity (Wildman–Crippen MR) is 69.3 cm³/mol. The molecule has 1 unspecified atom stereocenters. The van der Waals surface area contributed by atoms with Crippen LogP contribution in [0.15, 0.2) is 36.4 Å². The molecule has 0 fully saturated rings. The van der Waals surface area contributed by atoms with Gasteiger partial charge < -0.3 is 4.57 Å². The van der Waals surface area contributed by atoms with Crippen LogP contribution in [0.5, 0.6) is 0 Å². The Labute approximate surface area is 102 Å². The van der Waals surface area contributed by atoms with E-state index in [1.807, 2.05) is 19.1 Å². The van der Waals surface area contributed by atoms with Gasteiger partial charge in [0.1, 0.15) is 0 Å². The zero-order valence-electron chi connectivity index (χ0n) is 10.4. The van der Waals surface area contributed by atoms with E-state index in [2.05, 4.69) is 48.7 Å². The van der Waals surface area contributed by atoms with Crippen molar-refractivity contribution in [3.05, 3.63) is 53.3 Å². The van der Waals surface area contributed by atoms with Gasteiger partial charge in [-0.15, -0.1) is 0 Å². The first-order valence-electron chi connectivity index (χ1n) is 5.78. The fourth-order valence-corrected chi connectivity index (χ4v) is 2.06. The molecule has 2 heteroatoms. The minimum atomic E-state index is -0.0455. The highest BCUT2D eigenvalue weighted by Gasteiger charge is 2.06. The zero-order valence-corrected chi connectivity index (χ0v) is 10.4. The molecule has 0 saturated heterocycles. The Kier molecular flexibility index (Phi) is 3.01. The van der Waals surface area contributed by atoms with Crippen LogP contribution in [-0.4, -0.2) is 4.57 Å². The summed E-state index contributed by atoms with van der Waals surface area (Å²) in [6, 6.07) is 14.7. The summed E-state index contributed by atoms with van der Waals surface area (Å²) in [7, 11) is 0. The average Bonchev–Trinajstić information content (AvgIpc) is 2.68. The Hall–Kier alpha value is -2.01. The molecule has 1 heterocycles. The van der Waals surface area contributed by atoms with Crippen molar-refractivity contribution in [3.8, 4) is 11.8 Å². The molecule has 0 aliphatic heterocycles. The van der Waals surface area contributed by atoms with Crippen molar-refractivity contribution in [2.24, 2.45) is 0 Å². The second-order valence-corrected chi connectivity index (χ2v) is 4.39. The van der Waals surface area contributed by atoms with Crippen molar-refractivity contribution in [2.45, 2.75) is 26.7 Å². The van der Waals surface area contributed by atoms with Gasteiger partial charge in [0.15, 0.2) is 0 Å². The van der Waals surface area contributed by atoms with Crippen LogP contribution in [0, 0.1) is 25.2 Å². The highest BCUT2D eigenvalue weighted by atomic mass is 15.0. The molecule has 0 amide bonds. The van der Waals surface area contributed by atoms with Crippen LogP contribution >= 0.6 is 0 Å². The van der Waals surface area contributed by atoms with Gasteiger partial charge in [-0.05, 0) is 50.6 Å². The van der Waals surface area contributed by atoms with E-state index in [-0.39, 0.29) is 5.92 Å². The highest BCUT2D eigenvalue weighted by molar-refractivity contribution is 5.40. The lowest BCUT2D eigenvalue weighted by molar-refractivity contribution is 0.949. The van der Waals surface area contributed by atoms with E-state index in [0.717, 1.165) is 11.3 Å². The summed E-state index contributed by atoms with van der Waals surface area (Å²) in [5.74, 6) is -0.0455. The monoisotopic (exact) mass is 224 g/mol. The fraction of sp³-hybridized carbons (Fsp3) is 0.267. The Balaban J connectivity index is 2.40. The van der Waals surface area contributed by atoms with Crippen LogP contribution < -0.4 is 0 Å². The topological polar surface area (TPSA) is 28.7 Å². The number of nitrogens with zero attached hydrogens (tertiary/aromatic N) is 2. The molecule has 0 N–H and O–H groups in total. The molecule has 2 nitrogen and oxygen atoms in total. The summed E-state index contributed by atoms with van der Waals surface area (Å²) in [5.41, 5.74) is 4.67. The molecule has 0 saturated carbocycles. The van der Waals surface area contributed by atoms with Crippen LogP contribution in [0.4, 0.5) is 0 Å². The van der Waals surface area contributed by atoms with Gasteiger partial charge in [-0.2, -0.15) is 5.26 Å². The van der Waals surface area contributed by atoms with E-state index >= 15 is 0 Å². The van der Waals surface area contributed by atoms with E-state index in [4.69, 9.17) is 5.26 Å². The van der Waals surface area contributed by atoms with Gasteiger partial charge in [-0.1, -0.05) is 12.1 Å². The maximum atomic E-state index is 8.87. The zero-order chi connectivity index (χ0) is 12.4. The molecule has 2 rings (SSSR count). The van der Waals surface area contributed by atoms with Gasteiger partial charge >= 0.3 is 0 Å².